The van der Waals surface area contributed by atoms with Crippen molar-refractivity contribution in [1.29, 1.82) is 5.41 Å². The third-order valence-corrected chi connectivity index (χ3v) is 5.44. The number of carboxylic acid groups (broad SMARTS) is 1. The largest absolute Gasteiger partial charge is 0.548 e. The smallest absolute Gasteiger partial charge is 0.122 e. The van der Waals surface area contributed by atoms with E-state index in [0.717, 1.165) is 37.9 Å². The maximum atomic E-state index is 11.9. The molecule has 0 radical (unpaired) electrons. The molecule has 8 heteroatoms. The lowest BCUT2D eigenvalue weighted by atomic mass is 10.0. The first-order valence-corrected chi connectivity index (χ1v) is 10.3. The van der Waals surface area contributed by atoms with Gasteiger partial charge in [-0.05, 0) is 73.8 Å². The SMILES string of the molecule is CCc1cc(OC2CCN(C)CC2)cc(C(Nc2ccc(C(=N)N)cc2)C(=O)[O-])c1.Cl. The molecule has 1 fully saturated rings. The second-order valence-electron chi connectivity index (χ2n) is 7.77. The number of amidine groups is 1. The number of carbonyl (C=O) groups is 1. The zero-order valence-corrected chi connectivity index (χ0v) is 18.7. The molecule has 1 aliphatic rings. The van der Waals surface area contributed by atoms with E-state index >= 15 is 0 Å². The van der Waals surface area contributed by atoms with Gasteiger partial charge >= 0.3 is 0 Å². The first-order valence-electron chi connectivity index (χ1n) is 10.3. The third kappa shape index (κ3) is 6.60. The van der Waals surface area contributed by atoms with Crippen LogP contribution in [0.3, 0.4) is 0 Å². The molecule has 0 aromatic heterocycles. The van der Waals surface area contributed by atoms with Gasteiger partial charge in [0.1, 0.15) is 17.7 Å². The van der Waals surface area contributed by atoms with E-state index < -0.39 is 12.0 Å². The molecule has 0 bridgehead atoms. The van der Waals surface area contributed by atoms with E-state index in [1.54, 1.807) is 30.3 Å². The third-order valence-electron chi connectivity index (χ3n) is 5.44. The first kappa shape index (κ1) is 24.5. The predicted octanol–water partition coefficient (Wildman–Crippen LogP) is 2.33. The zero-order chi connectivity index (χ0) is 21.7. The Morgan fingerprint density at radius 1 is 1.26 bits per heavy atom. The Labute approximate surface area is 189 Å². The molecule has 31 heavy (non-hydrogen) atoms. The Hall–Kier alpha value is -2.77. The normalized spacial score (nSPS) is 15.5. The standard InChI is InChI=1S/C23H30N4O3.ClH/c1-3-15-12-17(14-20(13-15)30-19-8-10-27(2)11-9-19)21(23(28)29)26-18-6-4-16(5-7-18)22(24)25;/h4-7,12-14,19,21,26H,3,8-11H2,1-2H3,(H3,24,25)(H,28,29);1H/p-1. The number of hydrogen-bond acceptors (Lipinski definition) is 6. The number of likely N-dealkylation sites (tertiary alicyclic amines) is 1. The topological polar surface area (TPSA) is 114 Å². The van der Waals surface area contributed by atoms with Crippen molar-refractivity contribution in [2.75, 3.05) is 25.5 Å². The minimum Gasteiger partial charge on any atom is -0.548 e. The van der Waals surface area contributed by atoms with Crippen LogP contribution in [0.2, 0.25) is 0 Å². The lowest BCUT2D eigenvalue weighted by Crippen LogP contribution is -2.36. The minimum absolute atomic E-state index is 0. The number of anilines is 1. The summed E-state index contributed by atoms with van der Waals surface area (Å²) in [6, 6.07) is 11.4. The fourth-order valence-corrected chi connectivity index (χ4v) is 3.61. The van der Waals surface area contributed by atoms with Crippen molar-refractivity contribution < 1.29 is 14.6 Å². The number of halogens is 1. The molecule has 0 spiro atoms. The number of nitrogens with two attached hydrogens (primary N) is 1. The Bertz CT molecular complexity index is 896. The molecule has 0 amide bonds. The van der Waals surface area contributed by atoms with Crippen LogP contribution in [-0.2, 0) is 11.2 Å². The highest BCUT2D eigenvalue weighted by Crippen LogP contribution is 2.27. The van der Waals surface area contributed by atoms with Crippen molar-refractivity contribution in [2.24, 2.45) is 5.73 Å². The number of benzene rings is 2. The lowest BCUT2D eigenvalue weighted by Gasteiger charge is -2.30. The van der Waals surface area contributed by atoms with Crippen LogP contribution < -0.4 is 20.9 Å². The van der Waals surface area contributed by atoms with Gasteiger partial charge in [-0.15, -0.1) is 12.4 Å². The van der Waals surface area contributed by atoms with E-state index in [2.05, 4.69) is 17.3 Å². The van der Waals surface area contributed by atoms with E-state index in [1.165, 1.54) is 0 Å². The zero-order valence-electron chi connectivity index (χ0n) is 17.9. The summed E-state index contributed by atoms with van der Waals surface area (Å²) in [5, 5.41) is 22.4. The van der Waals surface area contributed by atoms with Crippen molar-refractivity contribution in [3.8, 4) is 5.75 Å². The number of nitrogens with one attached hydrogen (secondary N) is 2. The molecule has 168 valence electrons. The fourth-order valence-electron chi connectivity index (χ4n) is 3.61. The van der Waals surface area contributed by atoms with Crippen molar-refractivity contribution in [1.82, 2.24) is 4.90 Å². The number of rotatable bonds is 8. The Morgan fingerprint density at radius 3 is 2.45 bits per heavy atom. The van der Waals surface area contributed by atoms with Crippen LogP contribution in [-0.4, -0.2) is 42.9 Å². The van der Waals surface area contributed by atoms with E-state index in [-0.39, 0.29) is 24.3 Å². The summed E-state index contributed by atoms with van der Waals surface area (Å²) in [5.41, 5.74) is 8.26. The van der Waals surface area contributed by atoms with Crippen LogP contribution >= 0.6 is 12.4 Å². The second-order valence-corrected chi connectivity index (χ2v) is 7.77. The van der Waals surface area contributed by atoms with Gasteiger partial charge in [-0.1, -0.05) is 13.0 Å². The molecule has 1 unspecified atom stereocenters. The number of hydrogen-bond donors (Lipinski definition) is 3. The molecule has 4 N–H and O–H groups in total. The highest BCUT2D eigenvalue weighted by atomic mass is 35.5. The quantitative estimate of drug-likeness (QED) is 0.424. The van der Waals surface area contributed by atoms with Crippen molar-refractivity contribution >= 4 is 29.9 Å². The number of aryl methyl sites for hydroxylation is 1. The Morgan fingerprint density at radius 2 is 1.90 bits per heavy atom. The van der Waals surface area contributed by atoms with Gasteiger partial charge in [-0.25, -0.2) is 0 Å². The minimum atomic E-state index is -1.22. The summed E-state index contributed by atoms with van der Waals surface area (Å²) in [6.45, 7) is 4.01. The summed E-state index contributed by atoms with van der Waals surface area (Å²) in [4.78, 5) is 14.2. The molecule has 0 aliphatic carbocycles. The summed E-state index contributed by atoms with van der Waals surface area (Å²) in [5.74, 6) is -0.563. The molecule has 0 saturated carbocycles. The van der Waals surface area contributed by atoms with E-state index in [1.807, 2.05) is 19.1 Å². The number of carbonyl (C=O) groups excluding carboxylic acids is 1. The van der Waals surface area contributed by atoms with Crippen molar-refractivity contribution in [3.05, 3.63) is 59.2 Å². The molecular weight excluding hydrogens is 416 g/mol. The average molecular weight is 446 g/mol. The van der Waals surface area contributed by atoms with E-state index in [9.17, 15) is 9.90 Å². The molecule has 1 heterocycles. The van der Waals surface area contributed by atoms with Crippen LogP contribution in [0.5, 0.6) is 5.75 Å². The van der Waals surface area contributed by atoms with Gasteiger partial charge in [0.15, 0.2) is 0 Å². The Kier molecular flexibility index (Phi) is 8.71. The fraction of sp³-hybridized carbons (Fsp3) is 0.391. The second kappa shape index (κ2) is 11.0. The van der Waals surface area contributed by atoms with Crippen molar-refractivity contribution in [2.45, 2.75) is 38.3 Å². The number of carboxylic acids is 1. The van der Waals surface area contributed by atoms with Crippen LogP contribution in [0.1, 0.15) is 42.5 Å². The summed E-state index contributed by atoms with van der Waals surface area (Å²) >= 11 is 0. The van der Waals surface area contributed by atoms with Crippen LogP contribution in [0, 0.1) is 5.41 Å². The van der Waals surface area contributed by atoms with Crippen LogP contribution in [0.4, 0.5) is 5.69 Å². The predicted molar refractivity (Wildman–Crippen MR) is 123 cm³/mol. The number of piperidine rings is 1. The molecule has 1 atom stereocenters. The number of nitrogen functional groups attached to an aromatic ring is 1. The number of nitrogens with zero attached hydrogens (tertiary/aromatic N) is 1. The van der Waals surface area contributed by atoms with Crippen molar-refractivity contribution in [3.63, 3.8) is 0 Å². The summed E-state index contributed by atoms with van der Waals surface area (Å²) < 4.78 is 6.20. The molecule has 2 aromatic rings. The van der Waals surface area contributed by atoms with Crippen LogP contribution in [0.15, 0.2) is 42.5 Å². The van der Waals surface area contributed by atoms with Gasteiger partial charge in [-0.2, -0.15) is 0 Å². The van der Waals surface area contributed by atoms with Gasteiger partial charge in [0.2, 0.25) is 0 Å². The molecule has 7 nitrogen and oxygen atoms in total. The molecule has 1 aliphatic heterocycles. The average Bonchev–Trinajstić information content (AvgIpc) is 2.73. The maximum absolute atomic E-state index is 11.9. The molecule has 3 rings (SSSR count). The monoisotopic (exact) mass is 445 g/mol. The van der Waals surface area contributed by atoms with E-state index in [4.69, 9.17) is 15.9 Å². The summed E-state index contributed by atoms with van der Waals surface area (Å²) in [6.07, 6.45) is 2.80. The van der Waals surface area contributed by atoms with E-state index in [0.29, 0.717) is 22.6 Å². The van der Waals surface area contributed by atoms with Gasteiger partial charge < -0.3 is 30.6 Å². The van der Waals surface area contributed by atoms with Gasteiger partial charge in [-0.3, -0.25) is 5.41 Å². The highest BCUT2D eigenvalue weighted by molar-refractivity contribution is 5.95. The molecule has 2 aromatic carbocycles. The number of ether oxygens (including phenoxy) is 1. The maximum Gasteiger partial charge on any atom is 0.122 e. The Balaban J connectivity index is 0.00000341. The summed E-state index contributed by atoms with van der Waals surface area (Å²) in [7, 11) is 2.10. The first-order chi connectivity index (χ1) is 14.4. The molecular formula is C23H30ClN4O3-. The molecule has 1 saturated heterocycles. The van der Waals surface area contributed by atoms with Gasteiger partial charge in [0.25, 0.3) is 0 Å². The van der Waals surface area contributed by atoms with Gasteiger partial charge in [0.05, 0.1) is 12.0 Å². The van der Waals surface area contributed by atoms with Crippen LogP contribution in [0.25, 0.3) is 0 Å². The van der Waals surface area contributed by atoms with Gasteiger partial charge in [0, 0.05) is 24.3 Å². The lowest BCUT2D eigenvalue weighted by molar-refractivity contribution is -0.307. The number of aliphatic carboxylic acids is 1. The highest BCUT2D eigenvalue weighted by Gasteiger charge is 2.20.